The van der Waals surface area contributed by atoms with Gasteiger partial charge in [-0.1, -0.05) is 41.9 Å². The van der Waals surface area contributed by atoms with E-state index < -0.39 is 0 Å². The highest BCUT2D eigenvalue weighted by Crippen LogP contribution is 2.14. The summed E-state index contributed by atoms with van der Waals surface area (Å²) in [5.41, 5.74) is 2.00. The molecule has 0 radical (unpaired) electrons. The number of anilines is 2. The van der Waals surface area contributed by atoms with Crippen molar-refractivity contribution in [3.05, 3.63) is 88.8 Å². The Balaban J connectivity index is 1.53. The monoisotopic (exact) mass is 369 g/mol. The Bertz CT molecular complexity index is 882. The van der Waals surface area contributed by atoms with E-state index in [1.165, 1.54) is 6.07 Å². The number of carbonyl (C=O) groups is 1. The molecule has 0 spiro atoms. The highest BCUT2D eigenvalue weighted by molar-refractivity contribution is 6.30. The fraction of sp³-hybridized carbons (Fsp3) is 0.100. The Morgan fingerprint density at radius 3 is 2.50 bits per heavy atom. The van der Waals surface area contributed by atoms with E-state index >= 15 is 0 Å². The molecule has 4 nitrogen and oxygen atoms in total. The average Bonchev–Trinajstić information content (AvgIpc) is 2.64. The molecule has 0 saturated heterocycles. The quantitative estimate of drug-likeness (QED) is 0.664. The maximum atomic E-state index is 13.6. The van der Waals surface area contributed by atoms with Gasteiger partial charge >= 0.3 is 0 Å². The van der Waals surface area contributed by atoms with Crippen LogP contribution in [0.4, 0.5) is 15.9 Å². The zero-order chi connectivity index (χ0) is 18.4. The first-order valence-corrected chi connectivity index (χ1v) is 8.45. The highest BCUT2D eigenvalue weighted by Gasteiger charge is 2.08. The molecule has 0 unspecified atom stereocenters. The Morgan fingerprint density at radius 1 is 1.04 bits per heavy atom. The first kappa shape index (κ1) is 17.9. The van der Waals surface area contributed by atoms with Crippen LogP contribution in [0.25, 0.3) is 0 Å². The van der Waals surface area contributed by atoms with Gasteiger partial charge in [0, 0.05) is 11.6 Å². The zero-order valence-electron chi connectivity index (χ0n) is 13.9. The first-order chi connectivity index (χ1) is 12.6. The predicted molar refractivity (Wildman–Crippen MR) is 102 cm³/mol. The van der Waals surface area contributed by atoms with Gasteiger partial charge in [-0.25, -0.2) is 9.37 Å². The van der Waals surface area contributed by atoms with Crippen molar-refractivity contribution in [2.24, 2.45) is 0 Å². The van der Waals surface area contributed by atoms with E-state index in [1.54, 1.807) is 36.5 Å². The second kappa shape index (κ2) is 8.45. The van der Waals surface area contributed by atoms with Gasteiger partial charge in [-0.3, -0.25) is 4.79 Å². The van der Waals surface area contributed by atoms with Crippen LogP contribution in [0.3, 0.4) is 0 Å². The Morgan fingerprint density at radius 2 is 1.81 bits per heavy atom. The van der Waals surface area contributed by atoms with Gasteiger partial charge in [-0.15, -0.1) is 0 Å². The smallest absolute Gasteiger partial charge is 0.228 e. The lowest BCUT2D eigenvalue weighted by Gasteiger charge is -2.08. The van der Waals surface area contributed by atoms with Crippen molar-refractivity contribution >= 4 is 29.0 Å². The first-order valence-electron chi connectivity index (χ1n) is 8.08. The van der Waals surface area contributed by atoms with Gasteiger partial charge in [0.1, 0.15) is 11.6 Å². The molecule has 132 valence electrons. The Kier molecular flexibility index (Phi) is 5.81. The number of amides is 1. The van der Waals surface area contributed by atoms with Crippen LogP contribution in [-0.4, -0.2) is 10.9 Å². The van der Waals surface area contributed by atoms with Crippen LogP contribution < -0.4 is 10.6 Å². The number of carbonyl (C=O) groups excluding carboxylic acids is 1. The number of pyridine rings is 1. The van der Waals surface area contributed by atoms with E-state index in [0.717, 1.165) is 5.56 Å². The number of halogens is 2. The molecule has 0 fully saturated rings. The molecular formula is C20H17ClFN3O. The van der Waals surface area contributed by atoms with Crippen LogP contribution in [0.15, 0.2) is 66.9 Å². The summed E-state index contributed by atoms with van der Waals surface area (Å²) in [6.45, 7) is 0.614. The van der Waals surface area contributed by atoms with Gasteiger partial charge in [0.05, 0.1) is 18.3 Å². The molecule has 0 aliphatic rings. The van der Waals surface area contributed by atoms with Gasteiger partial charge in [0.25, 0.3) is 0 Å². The molecule has 0 aliphatic carbocycles. The normalized spacial score (nSPS) is 10.4. The van der Waals surface area contributed by atoms with Crippen LogP contribution in [0, 0.1) is 5.82 Å². The molecule has 0 aliphatic heterocycles. The third kappa shape index (κ3) is 5.04. The number of nitrogens with one attached hydrogen (secondary N) is 2. The lowest BCUT2D eigenvalue weighted by Crippen LogP contribution is -2.15. The minimum atomic E-state index is -0.387. The molecule has 26 heavy (non-hydrogen) atoms. The fourth-order valence-electron chi connectivity index (χ4n) is 2.39. The molecular weight excluding hydrogens is 353 g/mol. The lowest BCUT2D eigenvalue weighted by molar-refractivity contribution is -0.115. The second-order valence-corrected chi connectivity index (χ2v) is 6.16. The molecule has 3 rings (SSSR count). The molecule has 2 aromatic carbocycles. The SMILES string of the molecule is O=C(Cc1ccccc1F)Nc1ccc(NCc2ccc(Cl)cc2)nc1. The van der Waals surface area contributed by atoms with E-state index in [9.17, 15) is 9.18 Å². The van der Waals surface area contributed by atoms with Crippen molar-refractivity contribution in [2.45, 2.75) is 13.0 Å². The van der Waals surface area contributed by atoms with Gasteiger partial charge < -0.3 is 10.6 Å². The molecule has 1 heterocycles. The Hall–Kier alpha value is -2.92. The van der Waals surface area contributed by atoms with Gasteiger partial charge in [-0.2, -0.15) is 0 Å². The molecule has 2 N–H and O–H groups in total. The summed E-state index contributed by atoms with van der Waals surface area (Å²) < 4.78 is 13.6. The summed E-state index contributed by atoms with van der Waals surface area (Å²) in [6.07, 6.45) is 1.53. The molecule has 1 aromatic heterocycles. The minimum absolute atomic E-state index is 0.0246. The maximum Gasteiger partial charge on any atom is 0.228 e. The third-order valence-electron chi connectivity index (χ3n) is 3.74. The van der Waals surface area contributed by atoms with E-state index in [-0.39, 0.29) is 18.1 Å². The fourth-order valence-corrected chi connectivity index (χ4v) is 2.51. The standard InChI is InChI=1S/C20H17ClFN3O/c21-16-7-5-14(6-8-16)12-23-19-10-9-17(13-24-19)25-20(26)11-15-3-1-2-4-18(15)22/h1-10,13H,11-12H2,(H,23,24)(H,25,26). The van der Waals surface area contributed by atoms with Crippen molar-refractivity contribution in [1.82, 2.24) is 4.98 Å². The van der Waals surface area contributed by atoms with Crippen molar-refractivity contribution < 1.29 is 9.18 Å². The van der Waals surface area contributed by atoms with Gasteiger partial charge in [0.15, 0.2) is 0 Å². The van der Waals surface area contributed by atoms with Crippen molar-refractivity contribution in [2.75, 3.05) is 10.6 Å². The molecule has 1 amide bonds. The topological polar surface area (TPSA) is 54.0 Å². The van der Waals surface area contributed by atoms with Crippen LogP contribution in [0.5, 0.6) is 0 Å². The molecule has 0 bridgehead atoms. The predicted octanol–water partition coefficient (Wildman–Crippen LogP) is 4.67. The Labute approximate surface area is 156 Å². The minimum Gasteiger partial charge on any atom is -0.366 e. The summed E-state index contributed by atoms with van der Waals surface area (Å²) in [4.78, 5) is 16.3. The zero-order valence-corrected chi connectivity index (χ0v) is 14.6. The van der Waals surface area contributed by atoms with Crippen LogP contribution >= 0.6 is 11.6 Å². The molecule has 0 atom stereocenters. The lowest BCUT2D eigenvalue weighted by atomic mass is 10.1. The van der Waals surface area contributed by atoms with E-state index in [2.05, 4.69) is 15.6 Å². The van der Waals surface area contributed by atoms with Crippen LogP contribution in [-0.2, 0) is 17.8 Å². The van der Waals surface area contributed by atoms with Crippen LogP contribution in [0.2, 0.25) is 5.02 Å². The number of hydrogen-bond donors (Lipinski definition) is 2. The third-order valence-corrected chi connectivity index (χ3v) is 3.99. The summed E-state index contributed by atoms with van der Waals surface area (Å²) in [5.74, 6) is 0.00773. The second-order valence-electron chi connectivity index (χ2n) is 5.73. The largest absolute Gasteiger partial charge is 0.366 e. The maximum absolute atomic E-state index is 13.6. The number of hydrogen-bond acceptors (Lipinski definition) is 3. The summed E-state index contributed by atoms with van der Waals surface area (Å²) in [7, 11) is 0. The van der Waals surface area contributed by atoms with Gasteiger partial charge in [0.2, 0.25) is 5.91 Å². The van der Waals surface area contributed by atoms with Crippen molar-refractivity contribution in [1.29, 1.82) is 0 Å². The highest BCUT2D eigenvalue weighted by atomic mass is 35.5. The summed E-state index contributed by atoms with van der Waals surface area (Å²) >= 11 is 5.86. The van der Waals surface area contributed by atoms with Crippen LogP contribution in [0.1, 0.15) is 11.1 Å². The van der Waals surface area contributed by atoms with E-state index in [1.807, 2.05) is 24.3 Å². The summed E-state index contributed by atoms with van der Waals surface area (Å²) in [5, 5.41) is 6.60. The van der Waals surface area contributed by atoms with E-state index in [0.29, 0.717) is 28.6 Å². The number of benzene rings is 2. The number of nitrogens with zero attached hydrogens (tertiary/aromatic N) is 1. The van der Waals surface area contributed by atoms with Crippen molar-refractivity contribution in [3.8, 4) is 0 Å². The average molecular weight is 370 g/mol. The van der Waals surface area contributed by atoms with Crippen molar-refractivity contribution in [3.63, 3.8) is 0 Å². The summed E-state index contributed by atoms with van der Waals surface area (Å²) in [6, 6.07) is 17.3. The number of aromatic nitrogens is 1. The number of rotatable bonds is 6. The van der Waals surface area contributed by atoms with E-state index in [4.69, 9.17) is 11.6 Å². The van der Waals surface area contributed by atoms with Gasteiger partial charge in [-0.05, 0) is 41.5 Å². The molecule has 0 saturated carbocycles. The molecule has 6 heteroatoms. The molecule has 3 aromatic rings.